The fraction of sp³-hybridized carbons (Fsp3) is 0.200. The van der Waals surface area contributed by atoms with Crippen LogP contribution in [0.3, 0.4) is 0 Å². The van der Waals surface area contributed by atoms with Gasteiger partial charge in [0.1, 0.15) is 11.6 Å². The minimum absolute atomic E-state index is 0.111. The van der Waals surface area contributed by atoms with Gasteiger partial charge in [-0.3, -0.25) is 9.59 Å². The first kappa shape index (κ1) is 17.4. The third-order valence-corrected chi connectivity index (χ3v) is 4.63. The van der Waals surface area contributed by atoms with E-state index in [1.807, 2.05) is 17.5 Å². The van der Waals surface area contributed by atoms with Gasteiger partial charge in [0.25, 0.3) is 5.91 Å². The lowest BCUT2D eigenvalue weighted by Crippen LogP contribution is -2.22. The van der Waals surface area contributed by atoms with E-state index in [4.69, 9.17) is 4.74 Å². The van der Waals surface area contributed by atoms with Crippen LogP contribution in [0.2, 0.25) is 0 Å². The maximum absolute atomic E-state index is 13.3. The predicted octanol–water partition coefficient (Wildman–Crippen LogP) is 3.44. The average Bonchev–Trinajstić information content (AvgIpc) is 3.02. The fourth-order valence-corrected chi connectivity index (χ4v) is 3.26. The van der Waals surface area contributed by atoms with E-state index < -0.39 is 30.1 Å². The number of hydrogen-bond acceptors (Lipinski definition) is 5. The number of hydrogen-bond donors (Lipinski definition) is 1. The molecule has 122 valence electrons. The van der Waals surface area contributed by atoms with Gasteiger partial charge in [-0.25, -0.2) is 8.78 Å². The van der Waals surface area contributed by atoms with Gasteiger partial charge in [-0.15, -0.1) is 23.1 Å². The van der Waals surface area contributed by atoms with Gasteiger partial charge in [-0.2, -0.15) is 0 Å². The number of rotatable bonds is 7. The Kier molecular flexibility index (Phi) is 6.54. The van der Waals surface area contributed by atoms with Gasteiger partial charge in [0, 0.05) is 16.7 Å². The molecule has 23 heavy (non-hydrogen) atoms. The molecular weight excluding hydrogens is 344 g/mol. The number of carbonyl (C=O) groups excluding carboxylic acids is 2. The third kappa shape index (κ3) is 5.99. The van der Waals surface area contributed by atoms with Gasteiger partial charge < -0.3 is 10.1 Å². The molecule has 1 N–H and O–H groups in total. The van der Waals surface area contributed by atoms with Crippen LogP contribution in [0.1, 0.15) is 4.88 Å². The quantitative estimate of drug-likeness (QED) is 0.771. The van der Waals surface area contributed by atoms with Crippen molar-refractivity contribution in [2.75, 3.05) is 17.7 Å². The molecule has 4 nitrogen and oxygen atoms in total. The van der Waals surface area contributed by atoms with Crippen LogP contribution >= 0.6 is 23.1 Å². The average molecular weight is 357 g/mol. The molecule has 0 atom stereocenters. The summed E-state index contributed by atoms with van der Waals surface area (Å²) in [5.74, 6) is -1.92. The second kappa shape index (κ2) is 8.64. The Morgan fingerprint density at radius 2 is 2.09 bits per heavy atom. The molecule has 8 heteroatoms. The van der Waals surface area contributed by atoms with Crippen LogP contribution < -0.4 is 5.32 Å². The molecule has 0 aliphatic heterocycles. The van der Waals surface area contributed by atoms with Crippen LogP contribution in [0.15, 0.2) is 35.7 Å². The molecular formula is C15H13F2NO3S2. The Labute approximate surface area is 139 Å². The molecule has 0 saturated carbocycles. The SMILES string of the molecule is O=C(COC(=O)CSCc1cccs1)Nc1cc(F)ccc1F. The van der Waals surface area contributed by atoms with Crippen LogP contribution in [0.5, 0.6) is 0 Å². The normalized spacial score (nSPS) is 10.3. The minimum atomic E-state index is -0.766. The number of thioether (sulfide) groups is 1. The summed E-state index contributed by atoms with van der Waals surface area (Å²) >= 11 is 2.97. The second-order valence-corrected chi connectivity index (χ2v) is 6.42. The molecule has 2 aromatic rings. The van der Waals surface area contributed by atoms with Gasteiger partial charge in [0.15, 0.2) is 6.61 Å². The first-order valence-electron chi connectivity index (χ1n) is 6.55. The first-order valence-corrected chi connectivity index (χ1v) is 8.58. The molecule has 2 rings (SSSR count). The van der Waals surface area contributed by atoms with Gasteiger partial charge in [-0.05, 0) is 23.6 Å². The van der Waals surface area contributed by atoms with Crippen molar-refractivity contribution < 1.29 is 23.1 Å². The van der Waals surface area contributed by atoms with Crippen molar-refractivity contribution in [2.45, 2.75) is 5.75 Å². The van der Waals surface area contributed by atoms with E-state index in [0.29, 0.717) is 5.75 Å². The molecule has 0 radical (unpaired) electrons. The number of benzene rings is 1. The van der Waals surface area contributed by atoms with E-state index in [-0.39, 0.29) is 11.4 Å². The zero-order valence-electron chi connectivity index (χ0n) is 11.9. The molecule has 1 aromatic heterocycles. The number of esters is 1. The Bertz CT molecular complexity index is 677. The summed E-state index contributed by atoms with van der Waals surface area (Å²) < 4.78 is 31.1. The molecule has 1 heterocycles. The third-order valence-electron chi connectivity index (χ3n) is 2.61. The topological polar surface area (TPSA) is 55.4 Å². The van der Waals surface area contributed by atoms with Gasteiger partial charge in [-0.1, -0.05) is 6.07 Å². The smallest absolute Gasteiger partial charge is 0.316 e. The minimum Gasteiger partial charge on any atom is -0.455 e. The summed E-state index contributed by atoms with van der Waals surface area (Å²) in [6, 6.07) is 6.58. The Morgan fingerprint density at radius 1 is 1.26 bits per heavy atom. The Morgan fingerprint density at radius 3 is 2.83 bits per heavy atom. The van der Waals surface area contributed by atoms with Gasteiger partial charge in [0.2, 0.25) is 0 Å². The zero-order valence-corrected chi connectivity index (χ0v) is 13.5. The summed E-state index contributed by atoms with van der Waals surface area (Å²) in [6.45, 7) is -0.547. The van der Waals surface area contributed by atoms with E-state index in [1.54, 1.807) is 11.3 Å². The summed E-state index contributed by atoms with van der Waals surface area (Å²) in [7, 11) is 0. The number of nitrogens with one attached hydrogen (secondary N) is 1. The molecule has 1 amide bonds. The van der Waals surface area contributed by atoms with Crippen molar-refractivity contribution in [3.8, 4) is 0 Å². The van der Waals surface area contributed by atoms with Crippen molar-refractivity contribution >= 4 is 40.7 Å². The highest BCUT2D eigenvalue weighted by atomic mass is 32.2. The van der Waals surface area contributed by atoms with E-state index in [1.165, 1.54) is 11.8 Å². The van der Waals surface area contributed by atoms with Gasteiger partial charge in [0.05, 0.1) is 11.4 Å². The van der Waals surface area contributed by atoms with Crippen LogP contribution in [0.4, 0.5) is 14.5 Å². The van der Waals surface area contributed by atoms with E-state index >= 15 is 0 Å². The first-order chi connectivity index (χ1) is 11.0. The van der Waals surface area contributed by atoms with Crippen molar-refractivity contribution in [1.29, 1.82) is 0 Å². The van der Waals surface area contributed by atoms with Crippen molar-refractivity contribution in [2.24, 2.45) is 0 Å². The van der Waals surface area contributed by atoms with Crippen LogP contribution in [0.25, 0.3) is 0 Å². The highest BCUT2D eigenvalue weighted by Crippen LogP contribution is 2.17. The maximum atomic E-state index is 13.3. The zero-order chi connectivity index (χ0) is 16.7. The number of anilines is 1. The lowest BCUT2D eigenvalue weighted by atomic mass is 10.3. The van der Waals surface area contributed by atoms with Crippen LogP contribution in [0, 0.1) is 11.6 Å². The lowest BCUT2D eigenvalue weighted by Gasteiger charge is -2.07. The largest absolute Gasteiger partial charge is 0.455 e. The summed E-state index contributed by atoms with van der Waals surface area (Å²) in [4.78, 5) is 24.2. The standard InChI is InChI=1S/C15H13F2NO3S2/c16-10-3-4-12(17)13(6-10)18-14(19)7-21-15(20)9-22-8-11-2-1-5-23-11/h1-6H,7-9H2,(H,18,19). The Balaban J connectivity index is 1.69. The number of ether oxygens (including phenoxy) is 1. The molecule has 0 bridgehead atoms. The molecule has 0 saturated heterocycles. The van der Waals surface area contributed by atoms with Gasteiger partial charge >= 0.3 is 5.97 Å². The summed E-state index contributed by atoms with van der Waals surface area (Å²) in [5, 5.41) is 4.10. The summed E-state index contributed by atoms with van der Waals surface area (Å²) in [5.41, 5.74) is -0.293. The molecule has 0 fully saturated rings. The molecule has 0 aliphatic rings. The number of carbonyl (C=O) groups is 2. The predicted molar refractivity (Wildman–Crippen MR) is 86.4 cm³/mol. The van der Waals surface area contributed by atoms with Crippen LogP contribution in [-0.2, 0) is 20.1 Å². The fourth-order valence-electron chi connectivity index (χ4n) is 1.60. The molecule has 0 spiro atoms. The monoisotopic (exact) mass is 357 g/mol. The maximum Gasteiger partial charge on any atom is 0.316 e. The molecule has 0 unspecified atom stereocenters. The summed E-state index contributed by atoms with van der Waals surface area (Å²) in [6.07, 6.45) is 0. The number of halogens is 2. The van der Waals surface area contributed by atoms with Crippen LogP contribution in [-0.4, -0.2) is 24.2 Å². The van der Waals surface area contributed by atoms with Crippen molar-refractivity contribution in [3.05, 3.63) is 52.2 Å². The highest BCUT2D eigenvalue weighted by Gasteiger charge is 2.11. The molecule has 0 aliphatic carbocycles. The second-order valence-electron chi connectivity index (χ2n) is 4.41. The van der Waals surface area contributed by atoms with E-state index in [2.05, 4.69) is 5.32 Å². The van der Waals surface area contributed by atoms with E-state index in [9.17, 15) is 18.4 Å². The Hall–Kier alpha value is -1.93. The van der Waals surface area contributed by atoms with Crippen molar-refractivity contribution in [3.63, 3.8) is 0 Å². The van der Waals surface area contributed by atoms with Crippen molar-refractivity contribution in [1.82, 2.24) is 0 Å². The van der Waals surface area contributed by atoms with E-state index in [0.717, 1.165) is 23.1 Å². The highest BCUT2D eigenvalue weighted by molar-refractivity contribution is 7.99. The lowest BCUT2D eigenvalue weighted by molar-refractivity contribution is -0.144. The molecule has 1 aromatic carbocycles. The number of amides is 1. The number of thiophene rings is 1.